The van der Waals surface area contributed by atoms with Crippen molar-refractivity contribution in [1.29, 1.82) is 0 Å². The molecule has 4 heteroatoms. The molecule has 0 unspecified atom stereocenters. The van der Waals surface area contributed by atoms with Gasteiger partial charge in [-0.25, -0.2) is 0 Å². The van der Waals surface area contributed by atoms with Crippen LogP contribution in [0.25, 0.3) is 0 Å². The summed E-state index contributed by atoms with van der Waals surface area (Å²) >= 11 is 0. The van der Waals surface area contributed by atoms with Crippen LogP contribution in [0.3, 0.4) is 0 Å². The van der Waals surface area contributed by atoms with Crippen LogP contribution >= 0.6 is 0 Å². The van der Waals surface area contributed by atoms with E-state index in [0.29, 0.717) is 18.2 Å². The molecule has 1 aromatic carbocycles. The number of piperazine rings is 1. The Bertz CT molecular complexity index is 532. The maximum absolute atomic E-state index is 12.2. The van der Waals surface area contributed by atoms with E-state index in [1.54, 1.807) is 0 Å². The highest BCUT2D eigenvalue weighted by Crippen LogP contribution is 2.28. The molecule has 2 fully saturated rings. The Morgan fingerprint density at radius 1 is 1.00 bits per heavy atom. The third-order valence-electron chi connectivity index (χ3n) is 5.11. The minimum absolute atomic E-state index is 0.226. The molecule has 0 aromatic heterocycles. The number of hydrogen-bond donors (Lipinski definition) is 0. The lowest BCUT2D eigenvalue weighted by Gasteiger charge is -2.38. The van der Waals surface area contributed by atoms with Crippen LogP contribution in [0.15, 0.2) is 30.3 Å². The third-order valence-corrected chi connectivity index (χ3v) is 5.11. The van der Waals surface area contributed by atoms with Crippen LogP contribution in [-0.2, 0) is 4.79 Å². The molecule has 2 aliphatic rings. The summed E-state index contributed by atoms with van der Waals surface area (Å²) in [5.74, 6) is 0.907. The minimum Gasteiger partial charge on any atom is -0.340 e. The summed E-state index contributed by atoms with van der Waals surface area (Å²) in [6, 6.07) is 9.51. The molecule has 0 bridgehead atoms. The van der Waals surface area contributed by atoms with E-state index in [9.17, 15) is 9.59 Å². The molecule has 23 heavy (non-hydrogen) atoms. The molecule has 1 aliphatic carbocycles. The molecule has 1 amide bonds. The van der Waals surface area contributed by atoms with E-state index < -0.39 is 0 Å². The third kappa shape index (κ3) is 4.20. The number of rotatable bonds is 6. The Hall–Kier alpha value is -1.68. The van der Waals surface area contributed by atoms with Gasteiger partial charge < -0.3 is 4.90 Å². The van der Waals surface area contributed by atoms with Gasteiger partial charge in [0.1, 0.15) is 0 Å². The molecule has 1 saturated heterocycles. The molecular formula is C19H26N2O2. The van der Waals surface area contributed by atoms with Crippen LogP contribution in [-0.4, -0.2) is 54.2 Å². The van der Waals surface area contributed by atoms with E-state index in [4.69, 9.17) is 0 Å². The number of Topliss-reactive ketones (excluding diaryl/α,β-unsaturated/α-hetero) is 1. The van der Waals surface area contributed by atoms with Crippen molar-refractivity contribution in [3.8, 4) is 0 Å². The summed E-state index contributed by atoms with van der Waals surface area (Å²) in [5, 5.41) is 0. The first-order valence-electron chi connectivity index (χ1n) is 8.83. The Kier molecular flexibility index (Phi) is 5.44. The first-order valence-corrected chi connectivity index (χ1v) is 8.83. The van der Waals surface area contributed by atoms with Crippen LogP contribution in [0.1, 0.15) is 42.5 Å². The Morgan fingerprint density at radius 2 is 1.70 bits per heavy atom. The van der Waals surface area contributed by atoms with Gasteiger partial charge in [-0.2, -0.15) is 0 Å². The van der Waals surface area contributed by atoms with Gasteiger partial charge in [-0.15, -0.1) is 0 Å². The first kappa shape index (κ1) is 16.2. The van der Waals surface area contributed by atoms with E-state index in [0.717, 1.165) is 57.5 Å². The normalized spacial score (nSPS) is 19.4. The highest BCUT2D eigenvalue weighted by Gasteiger charge is 2.30. The van der Waals surface area contributed by atoms with E-state index in [2.05, 4.69) is 4.90 Å². The zero-order chi connectivity index (χ0) is 16.1. The zero-order valence-corrected chi connectivity index (χ0v) is 13.7. The van der Waals surface area contributed by atoms with Gasteiger partial charge in [0.15, 0.2) is 5.78 Å². The number of benzene rings is 1. The SMILES string of the molecule is O=C(CCCN1CCN(C(=O)C2CCC2)CC1)c1ccccc1. The number of hydrogen-bond acceptors (Lipinski definition) is 3. The predicted molar refractivity (Wildman–Crippen MR) is 90.4 cm³/mol. The van der Waals surface area contributed by atoms with Crippen molar-refractivity contribution in [2.45, 2.75) is 32.1 Å². The molecule has 0 atom stereocenters. The number of ketones is 1. The van der Waals surface area contributed by atoms with Gasteiger partial charge in [-0.1, -0.05) is 36.8 Å². The average Bonchev–Trinajstić information content (AvgIpc) is 2.54. The second kappa shape index (κ2) is 7.73. The quantitative estimate of drug-likeness (QED) is 0.758. The van der Waals surface area contributed by atoms with Crippen molar-refractivity contribution >= 4 is 11.7 Å². The largest absolute Gasteiger partial charge is 0.340 e. The van der Waals surface area contributed by atoms with Crippen molar-refractivity contribution in [1.82, 2.24) is 9.80 Å². The van der Waals surface area contributed by atoms with Gasteiger partial charge in [0.25, 0.3) is 0 Å². The van der Waals surface area contributed by atoms with E-state index in [1.165, 1.54) is 6.42 Å². The number of carbonyl (C=O) groups is 2. The Morgan fingerprint density at radius 3 is 2.30 bits per heavy atom. The second-order valence-corrected chi connectivity index (χ2v) is 6.69. The number of nitrogens with zero attached hydrogens (tertiary/aromatic N) is 2. The number of carbonyl (C=O) groups excluding carboxylic acids is 2. The molecule has 1 aromatic rings. The van der Waals surface area contributed by atoms with E-state index in [1.807, 2.05) is 35.2 Å². The molecule has 0 N–H and O–H groups in total. The minimum atomic E-state index is 0.226. The van der Waals surface area contributed by atoms with Gasteiger partial charge in [0, 0.05) is 44.1 Å². The molecule has 1 heterocycles. The highest BCUT2D eigenvalue weighted by molar-refractivity contribution is 5.95. The molecule has 1 aliphatic heterocycles. The van der Waals surface area contributed by atoms with Gasteiger partial charge in [-0.3, -0.25) is 14.5 Å². The molecule has 1 saturated carbocycles. The lowest BCUT2D eigenvalue weighted by Crippen LogP contribution is -2.51. The summed E-state index contributed by atoms with van der Waals surface area (Å²) < 4.78 is 0. The smallest absolute Gasteiger partial charge is 0.225 e. The number of amides is 1. The fourth-order valence-corrected chi connectivity index (χ4v) is 3.34. The summed E-state index contributed by atoms with van der Waals surface area (Å²) in [5.41, 5.74) is 0.809. The van der Waals surface area contributed by atoms with Gasteiger partial charge in [-0.05, 0) is 25.8 Å². The predicted octanol–water partition coefficient (Wildman–Crippen LogP) is 2.59. The summed E-state index contributed by atoms with van der Waals surface area (Å²) in [7, 11) is 0. The fourth-order valence-electron chi connectivity index (χ4n) is 3.34. The van der Waals surface area contributed by atoms with Crippen molar-refractivity contribution in [2.24, 2.45) is 5.92 Å². The first-order chi connectivity index (χ1) is 11.2. The van der Waals surface area contributed by atoms with Crippen molar-refractivity contribution in [3.05, 3.63) is 35.9 Å². The summed E-state index contributed by atoms with van der Waals surface area (Å²) in [4.78, 5) is 28.7. The molecule has 0 spiro atoms. The summed E-state index contributed by atoms with van der Waals surface area (Å²) in [6.45, 7) is 4.53. The molecule has 0 radical (unpaired) electrons. The average molecular weight is 314 g/mol. The monoisotopic (exact) mass is 314 g/mol. The van der Waals surface area contributed by atoms with Crippen LogP contribution in [0.5, 0.6) is 0 Å². The fraction of sp³-hybridized carbons (Fsp3) is 0.579. The van der Waals surface area contributed by atoms with Crippen LogP contribution in [0.4, 0.5) is 0 Å². The Labute approximate surface area is 138 Å². The van der Waals surface area contributed by atoms with Gasteiger partial charge >= 0.3 is 0 Å². The molecule has 4 nitrogen and oxygen atoms in total. The molecule has 3 rings (SSSR count). The van der Waals surface area contributed by atoms with Crippen molar-refractivity contribution < 1.29 is 9.59 Å². The van der Waals surface area contributed by atoms with Crippen LogP contribution < -0.4 is 0 Å². The molecular weight excluding hydrogens is 288 g/mol. The lowest BCUT2D eigenvalue weighted by atomic mass is 9.84. The van der Waals surface area contributed by atoms with E-state index >= 15 is 0 Å². The van der Waals surface area contributed by atoms with Crippen molar-refractivity contribution in [2.75, 3.05) is 32.7 Å². The molecule has 124 valence electrons. The summed E-state index contributed by atoms with van der Waals surface area (Å²) in [6.07, 6.45) is 4.88. The van der Waals surface area contributed by atoms with Crippen LogP contribution in [0.2, 0.25) is 0 Å². The van der Waals surface area contributed by atoms with Gasteiger partial charge in [0.2, 0.25) is 5.91 Å². The topological polar surface area (TPSA) is 40.6 Å². The Balaban J connectivity index is 1.34. The zero-order valence-electron chi connectivity index (χ0n) is 13.7. The lowest BCUT2D eigenvalue weighted by molar-refractivity contribution is -0.139. The maximum atomic E-state index is 12.2. The highest BCUT2D eigenvalue weighted by atomic mass is 16.2. The van der Waals surface area contributed by atoms with E-state index in [-0.39, 0.29) is 5.78 Å². The second-order valence-electron chi connectivity index (χ2n) is 6.69. The van der Waals surface area contributed by atoms with Crippen molar-refractivity contribution in [3.63, 3.8) is 0 Å². The maximum Gasteiger partial charge on any atom is 0.225 e. The van der Waals surface area contributed by atoms with Gasteiger partial charge in [0.05, 0.1) is 0 Å². The van der Waals surface area contributed by atoms with Crippen LogP contribution in [0, 0.1) is 5.92 Å². The standard InChI is InChI=1S/C19H26N2O2/c22-18(16-6-2-1-3-7-16)10-5-11-20-12-14-21(15-13-20)19(23)17-8-4-9-17/h1-3,6-7,17H,4-5,8-15H2.